The number of benzene rings is 2. The van der Waals surface area contributed by atoms with Crippen LogP contribution in [0.1, 0.15) is 29.5 Å². The molecule has 0 atom stereocenters. The van der Waals surface area contributed by atoms with Crippen molar-refractivity contribution in [2.24, 2.45) is 0 Å². The summed E-state index contributed by atoms with van der Waals surface area (Å²) < 4.78 is 5.60. The van der Waals surface area contributed by atoms with E-state index in [-0.39, 0.29) is 11.9 Å². The molecule has 1 aromatic heterocycles. The summed E-state index contributed by atoms with van der Waals surface area (Å²) in [5, 5.41) is 4.25. The molecule has 3 aromatic rings. The van der Waals surface area contributed by atoms with Gasteiger partial charge in [-0.25, -0.2) is 0 Å². The van der Waals surface area contributed by atoms with Crippen LogP contribution in [0.5, 0.6) is 0 Å². The Morgan fingerprint density at radius 1 is 1.15 bits per heavy atom. The first-order valence-corrected chi connectivity index (χ1v) is 9.70. The van der Waals surface area contributed by atoms with Gasteiger partial charge < -0.3 is 9.73 Å². The molecule has 1 amide bonds. The van der Waals surface area contributed by atoms with Crippen molar-refractivity contribution in [2.45, 2.75) is 38.8 Å². The van der Waals surface area contributed by atoms with Crippen molar-refractivity contribution >= 4 is 16.9 Å². The van der Waals surface area contributed by atoms with Gasteiger partial charge in [-0.3, -0.25) is 9.69 Å². The maximum Gasteiger partial charge on any atom is 0.224 e. The van der Waals surface area contributed by atoms with Gasteiger partial charge in [0.05, 0.1) is 12.7 Å². The molecule has 2 heterocycles. The number of carbonyl (C=O) groups excluding carboxylic acids is 1. The van der Waals surface area contributed by atoms with Gasteiger partial charge in [0, 0.05) is 36.6 Å². The minimum Gasteiger partial charge on any atom is -0.464 e. The molecule has 2 aromatic carbocycles. The van der Waals surface area contributed by atoms with E-state index < -0.39 is 0 Å². The van der Waals surface area contributed by atoms with Crippen molar-refractivity contribution in [3.8, 4) is 0 Å². The Hall–Kier alpha value is -2.59. The molecule has 4 heteroatoms. The molecule has 0 unspecified atom stereocenters. The van der Waals surface area contributed by atoms with E-state index >= 15 is 0 Å². The SMILES string of the molecule is Cc1ccc2c(CC(=O)NC3CCN(Cc4ccccc4)CC3)coc2c1. The second kappa shape index (κ2) is 7.97. The molecule has 4 nitrogen and oxygen atoms in total. The molecule has 1 aliphatic rings. The lowest BCUT2D eigenvalue weighted by atomic mass is 10.0. The lowest BCUT2D eigenvalue weighted by Gasteiger charge is -2.32. The summed E-state index contributed by atoms with van der Waals surface area (Å²) in [6, 6.07) is 16.9. The first-order valence-electron chi connectivity index (χ1n) is 9.70. The molecular weight excluding hydrogens is 336 g/mol. The van der Waals surface area contributed by atoms with Crippen molar-refractivity contribution in [2.75, 3.05) is 13.1 Å². The number of furan rings is 1. The number of carbonyl (C=O) groups is 1. The number of fused-ring (bicyclic) bond motifs is 1. The van der Waals surface area contributed by atoms with Gasteiger partial charge in [-0.05, 0) is 37.0 Å². The van der Waals surface area contributed by atoms with E-state index in [0.29, 0.717) is 6.42 Å². The predicted octanol–water partition coefficient (Wildman–Crippen LogP) is 4.06. The van der Waals surface area contributed by atoms with Crippen LogP contribution >= 0.6 is 0 Å². The summed E-state index contributed by atoms with van der Waals surface area (Å²) >= 11 is 0. The molecule has 0 bridgehead atoms. The molecule has 1 aliphatic heterocycles. The third-order valence-corrected chi connectivity index (χ3v) is 5.36. The molecule has 0 radical (unpaired) electrons. The first-order chi connectivity index (χ1) is 13.2. The Bertz CT molecular complexity index is 909. The van der Waals surface area contributed by atoms with Gasteiger partial charge in [-0.15, -0.1) is 0 Å². The number of hydrogen-bond acceptors (Lipinski definition) is 3. The molecular formula is C23H26N2O2. The largest absolute Gasteiger partial charge is 0.464 e. The number of rotatable bonds is 5. The van der Waals surface area contributed by atoms with Crippen LogP contribution in [0.15, 0.2) is 59.2 Å². The van der Waals surface area contributed by atoms with Crippen LogP contribution < -0.4 is 5.32 Å². The van der Waals surface area contributed by atoms with Crippen molar-refractivity contribution < 1.29 is 9.21 Å². The fourth-order valence-corrected chi connectivity index (χ4v) is 3.86. The van der Waals surface area contributed by atoms with E-state index in [2.05, 4.69) is 46.6 Å². The summed E-state index contributed by atoms with van der Waals surface area (Å²) in [5.74, 6) is 0.0831. The second-order valence-electron chi connectivity index (χ2n) is 7.54. The average molecular weight is 362 g/mol. The van der Waals surface area contributed by atoms with E-state index in [1.807, 2.05) is 19.1 Å². The van der Waals surface area contributed by atoms with Crippen LogP contribution in [0.3, 0.4) is 0 Å². The minimum absolute atomic E-state index is 0.0831. The monoisotopic (exact) mass is 362 g/mol. The van der Waals surface area contributed by atoms with Gasteiger partial charge >= 0.3 is 0 Å². The number of aryl methyl sites for hydroxylation is 1. The van der Waals surface area contributed by atoms with Gasteiger partial charge in [0.1, 0.15) is 5.58 Å². The van der Waals surface area contributed by atoms with Crippen molar-refractivity contribution in [1.82, 2.24) is 10.2 Å². The molecule has 27 heavy (non-hydrogen) atoms. The number of amides is 1. The first kappa shape index (κ1) is 17.8. The highest BCUT2D eigenvalue weighted by atomic mass is 16.3. The average Bonchev–Trinajstić information content (AvgIpc) is 3.06. The zero-order chi connectivity index (χ0) is 18.6. The van der Waals surface area contributed by atoms with Crippen molar-refractivity contribution in [3.05, 3.63) is 71.5 Å². The molecule has 140 valence electrons. The lowest BCUT2D eigenvalue weighted by Crippen LogP contribution is -2.44. The van der Waals surface area contributed by atoms with E-state index in [4.69, 9.17) is 4.42 Å². The molecule has 1 N–H and O–H groups in total. The van der Waals surface area contributed by atoms with Crippen LogP contribution in [-0.4, -0.2) is 29.9 Å². The third-order valence-electron chi connectivity index (χ3n) is 5.36. The molecule has 0 aliphatic carbocycles. The van der Waals surface area contributed by atoms with Crippen LogP contribution in [0, 0.1) is 6.92 Å². The Kier molecular flexibility index (Phi) is 5.26. The summed E-state index contributed by atoms with van der Waals surface area (Å²) in [6.45, 7) is 5.07. The highest BCUT2D eigenvalue weighted by molar-refractivity contribution is 5.88. The minimum atomic E-state index is 0.0831. The predicted molar refractivity (Wildman–Crippen MR) is 108 cm³/mol. The van der Waals surface area contributed by atoms with Crippen LogP contribution in [0.2, 0.25) is 0 Å². The highest BCUT2D eigenvalue weighted by Gasteiger charge is 2.21. The van der Waals surface area contributed by atoms with Crippen LogP contribution in [0.25, 0.3) is 11.0 Å². The third kappa shape index (κ3) is 4.40. The molecule has 0 saturated carbocycles. The summed E-state index contributed by atoms with van der Waals surface area (Å²) in [4.78, 5) is 15.0. The maximum atomic E-state index is 12.5. The van der Waals surface area contributed by atoms with Crippen LogP contribution in [0.4, 0.5) is 0 Å². The number of piperidine rings is 1. The normalized spacial score (nSPS) is 15.9. The number of likely N-dealkylation sites (tertiary alicyclic amines) is 1. The van der Waals surface area contributed by atoms with Gasteiger partial charge in [0.25, 0.3) is 0 Å². The van der Waals surface area contributed by atoms with Crippen molar-refractivity contribution in [3.63, 3.8) is 0 Å². The molecule has 1 fully saturated rings. The summed E-state index contributed by atoms with van der Waals surface area (Å²) in [6.07, 6.45) is 4.10. The molecule has 0 spiro atoms. The van der Waals surface area contributed by atoms with Crippen LogP contribution in [-0.2, 0) is 17.8 Å². The zero-order valence-corrected chi connectivity index (χ0v) is 15.8. The van der Waals surface area contributed by atoms with Gasteiger partial charge in [0.2, 0.25) is 5.91 Å². The van der Waals surface area contributed by atoms with Gasteiger partial charge in [0.15, 0.2) is 0 Å². The standard InChI is InChI=1S/C23H26N2O2/c1-17-7-8-21-19(16-27-22(21)13-17)14-23(26)24-20-9-11-25(12-10-20)15-18-5-3-2-4-6-18/h2-8,13,16,20H,9-12,14-15H2,1H3,(H,24,26). The number of nitrogens with zero attached hydrogens (tertiary/aromatic N) is 1. The maximum absolute atomic E-state index is 12.5. The topological polar surface area (TPSA) is 45.5 Å². The van der Waals surface area contributed by atoms with Crippen molar-refractivity contribution in [1.29, 1.82) is 0 Å². The smallest absolute Gasteiger partial charge is 0.224 e. The zero-order valence-electron chi connectivity index (χ0n) is 15.8. The fraction of sp³-hybridized carbons (Fsp3) is 0.348. The summed E-state index contributed by atoms with van der Waals surface area (Å²) in [7, 11) is 0. The number of hydrogen-bond donors (Lipinski definition) is 1. The Labute approximate surface area is 160 Å². The molecule has 1 saturated heterocycles. The Morgan fingerprint density at radius 2 is 1.93 bits per heavy atom. The fourth-order valence-electron chi connectivity index (χ4n) is 3.86. The van der Waals surface area contributed by atoms with Gasteiger partial charge in [-0.2, -0.15) is 0 Å². The van der Waals surface area contributed by atoms with E-state index in [9.17, 15) is 4.79 Å². The van der Waals surface area contributed by atoms with E-state index in [1.54, 1.807) is 6.26 Å². The lowest BCUT2D eigenvalue weighted by molar-refractivity contribution is -0.121. The quantitative estimate of drug-likeness (QED) is 0.744. The number of nitrogens with one attached hydrogen (secondary N) is 1. The Balaban J connectivity index is 1.28. The van der Waals surface area contributed by atoms with Gasteiger partial charge in [-0.1, -0.05) is 42.5 Å². The van der Waals surface area contributed by atoms with E-state index in [1.165, 1.54) is 5.56 Å². The summed E-state index contributed by atoms with van der Waals surface area (Å²) in [5.41, 5.74) is 4.33. The Morgan fingerprint density at radius 3 is 2.70 bits per heavy atom. The van der Waals surface area contributed by atoms with E-state index in [0.717, 1.165) is 54.6 Å². The highest BCUT2D eigenvalue weighted by Crippen LogP contribution is 2.23. The second-order valence-corrected chi connectivity index (χ2v) is 7.54. The molecule has 4 rings (SSSR count).